The molecule has 2 aliphatic rings. The maximum Gasteiger partial charge on any atom is 0.343 e. The van der Waals surface area contributed by atoms with Gasteiger partial charge in [0.25, 0.3) is 0 Å². The standard InChI is InChI=1S/C15H21N3O2/c1-9-4-5-10(8-17-9)18-13-12-11(6-7-16-13)15(2,3)20-14(12)19/h6-7,9-10,17H,4-5,8H2,1-3H3,(H,16,18)/t9-,10-/m1/s1. The number of carbonyl (C=O) groups excluding carboxylic acids is 1. The molecule has 0 aliphatic carbocycles. The molecule has 0 spiro atoms. The van der Waals surface area contributed by atoms with Gasteiger partial charge in [0.05, 0.1) is 0 Å². The van der Waals surface area contributed by atoms with E-state index in [0.717, 1.165) is 24.9 Å². The number of carbonyl (C=O) groups is 1. The van der Waals surface area contributed by atoms with Crippen molar-refractivity contribution in [2.75, 3.05) is 11.9 Å². The van der Waals surface area contributed by atoms with Crippen LogP contribution < -0.4 is 10.6 Å². The fourth-order valence-electron chi connectivity index (χ4n) is 2.93. The summed E-state index contributed by atoms with van der Waals surface area (Å²) in [5, 5.41) is 6.84. The largest absolute Gasteiger partial charge is 0.451 e. The third-order valence-corrected chi connectivity index (χ3v) is 4.15. The molecule has 1 aromatic rings. The van der Waals surface area contributed by atoms with Crippen molar-refractivity contribution in [2.45, 2.75) is 51.3 Å². The maximum absolute atomic E-state index is 12.1. The molecule has 3 heterocycles. The van der Waals surface area contributed by atoms with Gasteiger partial charge in [-0.2, -0.15) is 0 Å². The number of aromatic nitrogens is 1. The molecule has 1 saturated heterocycles. The molecule has 0 radical (unpaired) electrons. The number of hydrogen-bond acceptors (Lipinski definition) is 5. The minimum atomic E-state index is -0.564. The lowest BCUT2D eigenvalue weighted by atomic mass is 9.96. The summed E-state index contributed by atoms with van der Waals surface area (Å²) >= 11 is 0. The van der Waals surface area contributed by atoms with Crippen molar-refractivity contribution in [2.24, 2.45) is 0 Å². The number of pyridine rings is 1. The quantitative estimate of drug-likeness (QED) is 0.809. The predicted molar refractivity (Wildman–Crippen MR) is 76.8 cm³/mol. The summed E-state index contributed by atoms with van der Waals surface area (Å²) in [6.45, 7) is 6.90. The monoisotopic (exact) mass is 275 g/mol. The molecule has 20 heavy (non-hydrogen) atoms. The lowest BCUT2D eigenvalue weighted by molar-refractivity contribution is 0.00958. The van der Waals surface area contributed by atoms with Crippen LogP contribution in [0.4, 0.5) is 5.82 Å². The van der Waals surface area contributed by atoms with Crippen LogP contribution in [0, 0.1) is 0 Å². The number of anilines is 1. The first-order valence-corrected chi connectivity index (χ1v) is 7.20. The van der Waals surface area contributed by atoms with Crippen LogP contribution in [0.5, 0.6) is 0 Å². The van der Waals surface area contributed by atoms with Gasteiger partial charge in [0, 0.05) is 30.4 Å². The van der Waals surface area contributed by atoms with Gasteiger partial charge in [-0.1, -0.05) is 0 Å². The Kier molecular flexibility index (Phi) is 3.17. The zero-order valence-electron chi connectivity index (χ0n) is 12.2. The van der Waals surface area contributed by atoms with E-state index < -0.39 is 5.60 Å². The van der Waals surface area contributed by atoms with Crippen molar-refractivity contribution in [1.29, 1.82) is 0 Å². The van der Waals surface area contributed by atoms with Crippen molar-refractivity contribution < 1.29 is 9.53 Å². The third kappa shape index (κ3) is 2.26. The highest BCUT2D eigenvalue weighted by Crippen LogP contribution is 2.38. The highest BCUT2D eigenvalue weighted by molar-refractivity contribution is 5.99. The number of esters is 1. The van der Waals surface area contributed by atoms with Crippen molar-refractivity contribution >= 4 is 11.8 Å². The minimum Gasteiger partial charge on any atom is -0.451 e. The Morgan fingerprint density at radius 2 is 2.25 bits per heavy atom. The Hall–Kier alpha value is -1.62. The molecule has 1 fully saturated rings. The molecular formula is C15H21N3O2. The van der Waals surface area contributed by atoms with E-state index in [9.17, 15) is 4.79 Å². The summed E-state index contributed by atoms with van der Waals surface area (Å²) in [5.74, 6) is 0.372. The number of hydrogen-bond donors (Lipinski definition) is 2. The van der Waals surface area contributed by atoms with Gasteiger partial charge >= 0.3 is 5.97 Å². The van der Waals surface area contributed by atoms with Crippen LogP contribution in [0.1, 0.15) is 49.5 Å². The first-order chi connectivity index (χ1) is 9.47. The number of ether oxygens (including phenoxy) is 1. The predicted octanol–water partition coefficient (Wildman–Crippen LogP) is 2.04. The summed E-state index contributed by atoms with van der Waals surface area (Å²) in [4.78, 5) is 16.4. The van der Waals surface area contributed by atoms with Gasteiger partial charge in [-0.15, -0.1) is 0 Å². The second-order valence-corrected chi connectivity index (χ2v) is 6.21. The highest BCUT2D eigenvalue weighted by atomic mass is 16.6. The smallest absolute Gasteiger partial charge is 0.343 e. The molecule has 2 N–H and O–H groups in total. The van der Waals surface area contributed by atoms with E-state index >= 15 is 0 Å². The molecule has 0 aromatic carbocycles. The van der Waals surface area contributed by atoms with E-state index in [1.807, 2.05) is 19.9 Å². The molecular weight excluding hydrogens is 254 g/mol. The van der Waals surface area contributed by atoms with Crippen molar-refractivity contribution in [3.05, 3.63) is 23.4 Å². The van der Waals surface area contributed by atoms with Crippen LogP contribution in [0.3, 0.4) is 0 Å². The van der Waals surface area contributed by atoms with Gasteiger partial charge in [0.15, 0.2) is 0 Å². The normalized spacial score (nSPS) is 27.9. The maximum atomic E-state index is 12.1. The number of piperidine rings is 1. The van der Waals surface area contributed by atoms with Crippen molar-refractivity contribution in [1.82, 2.24) is 10.3 Å². The van der Waals surface area contributed by atoms with Gasteiger partial charge in [-0.25, -0.2) is 9.78 Å². The molecule has 2 atom stereocenters. The second-order valence-electron chi connectivity index (χ2n) is 6.21. The molecule has 0 amide bonds. The second kappa shape index (κ2) is 4.74. The molecule has 5 nitrogen and oxygen atoms in total. The topological polar surface area (TPSA) is 63.2 Å². The van der Waals surface area contributed by atoms with Crippen LogP contribution in [-0.2, 0) is 10.3 Å². The number of rotatable bonds is 2. The SMILES string of the molecule is C[C@@H]1CC[C@@H](Nc2nccc3c2C(=O)OC3(C)C)CN1. The van der Waals surface area contributed by atoms with Gasteiger partial charge in [-0.3, -0.25) is 0 Å². The molecule has 2 aliphatic heterocycles. The Morgan fingerprint density at radius 3 is 2.95 bits per heavy atom. The number of nitrogens with one attached hydrogen (secondary N) is 2. The first kappa shape index (κ1) is 13.4. The van der Waals surface area contributed by atoms with Crippen LogP contribution in [0.2, 0.25) is 0 Å². The summed E-state index contributed by atoms with van der Waals surface area (Å²) in [7, 11) is 0. The van der Waals surface area contributed by atoms with E-state index in [-0.39, 0.29) is 5.97 Å². The van der Waals surface area contributed by atoms with Gasteiger partial charge in [0.2, 0.25) is 0 Å². The van der Waals surface area contributed by atoms with E-state index in [4.69, 9.17) is 4.74 Å². The minimum absolute atomic E-state index is 0.280. The van der Waals surface area contributed by atoms with Gasteiger partial charge in [0.1, 0.15) is 17.0 Å². The zero-order chi connectivity index (χ0) is 14.3. The Morgan fingerprint density at radius 1 is 1.45 bits per heavy atom. The van der Waals surface area contributed by atoms with Crippen molar-refractivity contribution in [3.63, 3.8) is 0 Å². The molecule has 1 aromatic heterocycles. The fraction of sp³-hybridized carbons (Fsp3) is 0.600. The summed E-state index contributed by atoms with van der Waals surface area (Å²) in [6, 6.07) is 2.74. The molecule has 5 heteroatoms. The summed E-state index contributed by atoms with van der Waals surface area (Å²) in [6.07, 6.45) is 3.95. The third-order valence-electron chi connectivity index (χ3n) is 4.15. The zero-order valence-corrected chi connectivity index (χ0v) is 12.2. The lowest BCUT2D eigenvalue weighted by Gasteiger charge is -2.29. The van der Waals surface area contributed by atoms with Crippen LogP contribution in [0.25, 0.3) is 0 Å². The van der Waals surface area contributed by atoms with E-state index in [0.29, 0.717) is 23.5 Å². The molecule has 108 valence electrons. The molecule has 3 rings (SSSR count). The average Bonchev–Trinajstić information content (AvgIpc) is 2.64. The van der Waals surface area contributed by atoms with Gasteiger partial charge < -0.3 is 15.4 Å². The van der Waals surface area contributed by atoms with E-state index in [2.05, 4.69) is 22.5 Å². The summed E-state index contributed by atoms with van der Waals surface area (Å²) in [5.41, 5.74) is 0.943. The first-order valence-electron chi connectivity index (χ1n) is 7.20. The van der Waals surface area contributed by atoms with Crippen molar-refractivity contribution in [3.8, 4) is 0 Å². The fourth-order valence-corrected chi connectivity index (χ4v) is 2.93. The van der Waals surface area contributed by atoms with E-state index in [1.54, 1.807) is 6.20 Å². The van der Waals surface area contributed by atoms with E-state index in [1.165, 1.54) is 0 Å². The Bertz CT molecular complexity index is 534. The van der Waals surface area contributed by atoms with Gasteiger partial charge in [-0.05, 0) is 39.7 Å². The average molecular weight is 275 g/mol. The molecule has 0 bridgehead atoms. The Balaban J connectivity index is 1.85. The lowest BCUT2D eigenvalue weighted by Crippen LogP contribution is -2.43. The molecule has 0 unspecified atom stereocenters. The van der Waals surface area contributed by atoms with Crippen LogP contribution >= 0.6 is 0 Å². The summed E-state index contributed by atoms with van der Waals surface area (Å²) < 4.78 is 5.43. The van der Waals surface area contributed by atoms with Crippen LogP contribution in [-0.4, -0.2) is 29.6 Å². The number of nitrogens with zero attached hydrogens (tertiary/aromatic N) is 1. The number of fused-ring (bicyclic) bond motifs is 1. The molecule has 0 saturated carbocycles. The number of cyclic esters (lactones) is 1. The highest BCUT2D eigenvalue weighted by Gasteiger charge is 2.40. The Labute approximate surface area is 119 Å². The van der Waals surface area contributed by atoms with Crippen LogP contribution in [0.15, 0.2) is 12.3 Å².